The van der Waals surface area contributed by atoms with Crippen molar-refractivity contribution in [3.05, 3.63) is 47.3 Å². The van der Waals surface area contributed by atoms with Gasteiger partial charge in [-0.3, -0.25) is 4.68 Å². The van der Waals surface area contributed by atoms with Crippen LogP contribution in [0.15, 0.2) is 30.3 Å². The molecule has 1 heterocycles. The Kier molecular flexibility index (Phi) is 4.85. The molecule has 2 aromatic rings. The molecule has 1 aromatic carbocycles. The van der Waals surface area contributed by atoms with E-state index in [-0.39, 0.29) is 12.1 Å². The minimum atomic E-state index is -0.437. The average Bonchev–Trinajstić information content (AvgIpc) is 3.05. The van der Waals surface area contributed by atoms with Gasteiger partial charge in [0.25, 0.3) is 0 Å². The Morgan fingerprint density at radius 3 is 2.83 bits per heavy atom. The van der Waals surface area contributed by atoms with Crippen LogP contribution in [-0.2, 0) is 6.54 Å². The summed E-state index contributed by atoms with van der Waals surface area (Å²) in [4.78, 5) is 12.1. The monoisotopic (exact) mass is 328 g/mol. The molecule has 2 atom stereocenters. The lowest BCUT2D eigenvalue weighted by Crippen LogP contribution is -2.42. The number of carbonyl (C=O) groups excluding carboxylic acids is 1. The number of amides is 2. The maximum Gasteiger partial charge on any atom is 0.319 e. The van der Waals surface area contributed by atoms with E-state index in [9.17, 15) is 9.90 Å². The first-order valence-corrected chi connectivity index (χ1v) is 8.37. The minimum absolute atomic E-state index is 0.150. The van der Waals surface area contributed by atoms with Gasteiger partial charge < -0.3 is 15.7 Å². The van der Waals surface area contributed by atoms with E-state index in [1.807, 2.05) is 48.9 Å². The molecule has 2 unspecified atom stereocenters. The van der Waals surface area contributed by atoms with Crippen molar-refractivity contribution in [1.29, 1.82) is 0 Å². The average molecular weight is 328 g/mol. The summed E-state index contributed by atoms with van der Waals surface area (Å²) >= 11 is 0. The van der Waals surface area contributed by atoms with Crippen LogP contribution >= 0.6 is 0 Å². The second-order valence-electron chi connectivity index (χ2n) is 6.49. The summed E-state index contributed by atoms with van der Waals surface area (Å²) in [7, 11) is 0. The van der Waals surface area contributed by atoms with E-state index < -0.39 is 6.10 Å². The predicted molar refractivity (Wildman–Crippen MR) is 93.0 cm³/mol. The number of carbonyl (C=O) groups is 1. The highest BCUT2D eigenvalue weighted by atomic mass is 16.3. The van der Waals surface area contributed by atoms with E-state index in [1.165, 1.54) is 0 Å². The van der Waals surface area contributed by atoms with Crippen molar-refractivity contribution in [3.63, 3.8) is 0 Å². The number of nitrogens with one attached hydrogen (secondary N) is 2. The number of aliphatic hydroxyl groups is 1. The molecule has 0 bridgehead atoms. The highest BCUT2D eigenvalue weighted by Gasteiger charge is 2.26. The lowest BCUT2D eigenvalue weighted by atomic mass is 10.2. The van der Waals surface area contributed by atoms with Crippen LogP contribution in [0.5, 0.6) is 0 Å². The van der Waals surface area contributed by atoms with Crippen LogP contribution in [-0.4, -0.2) is 33.1 Å². The number of aromatic nitrogens is 2. The van der Waals surface area contributed by atoms with Crippen LogP contribution in [0.4, 0.5) is 10.5 Å². The van der Waals surface area contributed by atoms with Gasteiger partial charge in [-0.15, -0.1) is 0 Å². The van der Waals surface area contributed by atoms with E-state index in [0.29, 0.717) is 6.54 Å². The summed E-state index contributed by atoms with van der Waals surface area (Å²) in [5.74, 6) is 0. The Morgan fingerprint density at radius 1 is 1.33 bits per heavy atom. The fourth-order valence-corrected chi connectivity index (χ4v) is 3.20. The summed E-state index contributed by atoms with van der Waals surface area (Å²) in [5, 5.41) is 19.9. The first-order chi connectivity index (χ1) is 11.5. The Morgan fingerprint density at radius 2 is 2.17 bits per heavy atom. The first-order valence-electron chi connectivity index (χ1n) is 8.37. The number of aliphatic hydroxyl groups excluding tert-OH is 1. The Bertz CT molecular complexity index is 726. The number of urea groups is 1. The molecule has 1 aliphatic carbocycles. The molecule has 1 saturated carbocycles. The highest BCUT2D eigenvalue weighted by Crippen LogP contribution is 2.19. The zero-order chi connectivity index (χ0) is 17.1. The lowest BCUT2D eigenvalue weighted by molar-refractivity contribution is 0.151. The number of nitrogens with zero attached hydrogens (tertiary/aromatic N) is 2. The third kappa shape index (κ3) is 3.94. The van der Waals surface area contributed by atoms with Crippen LogP contribution in [0.3, 0.4) is 0 Å². The van der Waals surface area contributed by atoms with Crippen LogP contribution < -0.4 is 10.6 Å². The fourth-order valence-electron chi connectivity index (χ4n) is 3.20. The molecular formula is C18H24N4O2. The van der Waals surface area contributed by atoms with Gasteiger partial charge >= 0.3 is 6.03 Å². The molecule has 24 heavy (non-hydrogen) atoms. The fraction of sp³-hybridized carbons (Fsp3) is 0.444. The molecule has 128 valence electrons. The van der Waals surface area contributed by atoms with E-state index >= 15 is 0 Å². The molecular weight excluding hydrogens is 304 g/mol. The zero-order valence-corrected chi connectivity index (χ0v) is 14.1. The number of hydrogen-bond donors (Lipinski definition) is 3. The SMILES string of the molecule is Cc1cc(C)n(Cc2cccc(NC(=O)NC3CCCC3O)c2)n1. The topological polar surface area (TPSA) is 79.2 Å². The van der Waals surface area contributed by atoms with Gasteiger partial charge in [0.1, 0.15) is 0 Å². The van der Waals surface area contributed by atoms with Gasteiger partial charge in [0.05, 0.1) is 24.4 Å². The van der Waals surface area contributed by atoms with E-state index in [4.69, 9.17) is 0 Å². The molecule has 0 radical (unpaired) electrons. The standard InChI is InChI=1S/C18H24N4O2/c1-12-9-13(2)22(21-12)11-14-5-3-6-15(10-14)19-18(24)20-16-7-4-8-17(16)23/h3,5-6,9-10,16-17,23H,4,7-8,11H2,1-2H3,(H2,19,20,24). The first kappa shape index (κ1) is 16.5. The molecule has 6 heteroatoms. The summed E-state index contributed by atoms with van der Waals surface area (Å²) in [6.07, 6.45) is 2.09. The third-order valence-corrected chi connectivity index (χ3v) is 4.42. The van der Waals surface area contributed by atoms with Crippen molar-refractivity contribution in [2.75, 3.05) is 5.32 Å². The number of aryl methyl sites for hydroxylation is 2. The summed E-state index contributed by atoms with van der Waals surface area (Å²) < 4.78 is 1.95. The molecule has 3 rings (SSSR count). The second kappa shape index (κ2) is 7.05. The molecule has 1 fully saturated rings. The van der Waals surface area contributed by atoms with Gasteiger partial charge in [-0.05, 0) is 56.9 Å². The highest BCUT2D eigenvalue weighted by molar-refractivity contribution is 5.89. The van der Waals surface area contributed by atoms with Gasteiger partial charge in [0.2, 0.25) is 0 Å². The van der Waals surface area contributed by atoms with Gasteiger partial charge in [0.15, 0.2) is 0 Å². The molecule has 0 spiro atoms. The zero-order valence-electron chi connectivity index (χ0n) is 14.1. The molecule has 3 N–H and O–H groups in total. The third-order valence-electron chi connectivity index (χ3n) is 4.42. The van der Waals surface area contributed by atoms with E-state index in [2.05, 4.69) is 15.7 Å². The molecule has 1 aromatic heterocycles. The smallest absolute Gasteiger partial charge is 0.319 e. The Balaban J connectivity index is 1.62. The number of anilines is 1. The molecule has 6 nitrogen and oxygen atoms in total. The lowest BCUT2D eigenvalue weighted by Gasteiger charge is -2.17. The van der Waals surface area contributed by atoms with Crippen molar-refractivity contribution in [2.45, 2.75) is 51.8 Å². The molecule has 0 aliphatic heterocycles. The van der Waals surface area contributed by atoms with Gasteiger partial charge in [-0.25, -0.2) is 4.79 Å². The van der Waals surface area contributed by atoms with Gasteiger partial charge in [-0.2, -0.15) is 5.10 Å². The molecule has 0 saturated heterocycles. The Hall–Kier alpha value is -2.34. The predicted octanol–water partition coefficient (Wildman–Crippen LogP) is 2.58. The molecule has 1 aliphatic rings. The normalized spacial score (nSPS) is 20.1. The van der Waals surface area contributed by atoms with Crippen molar-refractivity contribution in [3.8, 4) is 0 Å². The van der Waals surface area contributed by atoms with E-state index in [1.54, 1.807) is 0 Å². The largest absolute Gasteiger partial charge is 0.391 e. The van der Waals surface area contributed by atoms with Crippen molar-refractivity contribution >= 4 is 11.7 Å². The minimum Gasteiger partial charge on any atom is -0.391 e. The van der Waals surface area contributed by atoms with Crippen LogP contribution in [0.25, 0.3) is 0 Å². The molecule has 2 amide bonds. The summed E-state index contributed by atoms with van der Waals surface area (Å²) in [6, 6.07) is 9.35. The van der Waals surface area contributed by atoms with Gasteiger partial charge in [-0.1, -0.05) is 12.1 Å². The Labute approximate surface area is 141 Å². The van der Waals surface area contributed by atoms with Crippen LogP contribution in [0, 0.1) is 13.8 Å². The van der Waals surface area contributed by atoms with E-state index in [0.717, 1.165) is 41.9 Å². The summed E-state index contributed by atoms with van der Waals surface area (Å²) in [6.45, 7) is 4.67. The van der Waals surface area contributed by atoms with Crippen LogP contribution in [0.2, 0.25) is 0 Å². The number of benzene rings is 1. The number of rotatable bonds is 4. The van der Waals surface area contributed by atoms with Crippen molar-refractivity contribution < 1.29 is 9.90 Å². The maximum absolute atomic E-state index is 12.1. The van der Waals surface area contributed by atoms with Crippen LogP contribution in [0.1, 0.15) is 36.2 Å². The van der Waals surface area contributed by atoms with Gasteiger partial charge in [0, 0.05) is 11.4 Å². The second-order valence-corrected chi connectivity index (χ2v) is 6.49. The number of hydrogen-bond acceptors (Lipinski definition) is 3. The maximum atomic E-state index is 12.1. The van der Waals surface area contributed by atoms with Crippen molar-refractivity contribution in [2.24, 2.45) is 0 Å². The van der Waals surface area contributed by atoms with Crippen molar-refractivity contribution in [1.82, 2.24) is 15.1 Å². The summed E-state index contributed by atoms with van der Waals surface area (Å²) in [5.41, 5.74) is 3.91. The quantitative estimate of drug-likeness (QED) is 0.807.